The zero-order valence-corrected chi connectivity index (χ0v) is 14.9. The summed E-state index contributed by atoms with van der Waals surface area (Å²) in [5, 5.41) is 4.08. The van der Waals surface area contributed by atoms with E-state index in [-0.39, 0.29) is 34.7 Å². The molecule has 0 bridgehead atoms. The van der Waals surface area contributed by atoms with Gasteiger partial charge in [-0.3, -0.25) is 9.59 Å². The number of anilines is 1. The lowest BCUT2D eigenvalue weighted by Gasteiger charge is -2.29. The minimum atomic E-state index is -4.49. The van der Waals surface area contributed by atoms with Crippen molar-refractivity contribution in [1.82, 2.24) is 9.78 Å². The fourth-order valence-corrected chi connectivity index (χ4v) is 3.46. The number of carbonyl (C=O) groups excluding carboxylic acids is 2. The summed E-state index contributed by atoms with van der Waals surface area (Å²) in [5.41, 5.74) is 11.4. The monoisotopic (exact) mass is 380 g/mol. The largest absolute Gasteiger partial charge is 0.398 e. The fraction of sp³-hybridized carbons (Fsp3) is 0.389. The predicted molar refractivity (Wildman–Crippen MR) is 92.7 cm³/mol. The highest BCUT2D eigenvalue weighted by atomic mass is 19.4. The van der Waals surface area contributed by atoms with Crippen LogP contribution in [-0.4, -0.2) is 27.6 Å². The van der Waals surface area contributed by atoms with Crippen LogP contribution in [0, 0.1) is 5.41 Å². The number of hydrogen-bond donors (Lipinski definition) is 2. The maximum absolute atomic E-state index is 13.0. The molecule has 1 heterocycles. The highest BCUT2D eigenvalue weighted by Gasteiger charge is 2.40. The standard InChI is InChI=1S/C18H19F3N4O2/c1-17(2)7-13-15(14(26)8-17)12(6-18(19,20)21)24-25(13)9-3-4-10(16(23)27)11(22)5-9/h3-5H,6-8,22H2,1-2H3,(H2,23,27). The van der Waals surface area contributed by atoms with Crippen LogP contribution < -0.4 is 11.5 Å². The summed E-state index contributed by atoms with van der Waals surface area (Å²) in [6, 6.07) is 4.30. The molecule has 0 saturated carbocycles. The normalized spacial score (nSPS) is 16.3. The summed E-state index contributed by atoms with van der Waals surface area (Å²) in [4.78, 5) is 23.9. The van der Waals surface area contributed by atoms with Gasteiger partial charge in [0.15, 0.2) is 5.78 Å². The van der Waals surface area contributed by atoms with E-state index >= 15 is 0 Å². The molecule has 0 saturated heterocycles. The first-order valence-corrected chi connectivity index (χ1v) is 8.28. The van der Waals surface area contributed by atoms with Gasteiger partial charge in [0.2, 0.25) is 0 Å². The van der Waals surface area contributed by atoms with Crippen molar-refractivity contribution in [2.45, 2.75) is 39.3 Å². The summed E-state index contributed by atoms with van der Waals surface area (Å²) in [6.45, 7) is 3.75. The van der Waals surface area contributed by atoms with Crippen molar-refractivity contribution in [1.29, 1.82) is 0 Å². The van der Waals surface area contributed by atoms with Crippen LogP contribution in [0.25, 0.3) is 5.69 Å². The SMILES string of the molecule is CC1(C)CC(=O)c2c(CC(F)(F)F)nn(-c3ccc(C(N)=O)c(N)c3)c2C1. The van der Waals surface area contributed by atoms with Gasteiger partial charge in [-0.05, 0) is 30.0 Å². The Morgan fingerprint density at radius 2 is 1.96 bits per heavy atom. The molecule has 9 heteroatoms. The van der Waals surface area contributed by atoms with Gasteiger partial charge in [0.25, 0.3) is 5.91 Å². The molecule has 0 aliphatic heterocycles. The lowest BCUT2D eigenvalue weighted by Crippen LogP contribution is -2.28. The molecule has 0 unspecified atom stereocenters. The van der Waals surface area contributed by atoms with Gasteiger partial charge < -0.3 is 11.5 Å². The van der Waals surface area contributed by atoms with Crippen LogP contribution >= 0.6 is 0 Å². The Labute approximate surface area is 153 Å². The zero-order valence-electron chi connectivity index (χ0n) is 14.9. The summed E-state index contributed by atoms with van der Waals surface area (Å²) in [6.07, 6.45) is -5.24. The number of nitrogens with zero attached hydrogens (tertiary/aromatic N) is 2. The number of Topliss-reactive ketones (excluding diaryl/α,β-unsaturated/α-hetero) is 1. The van der Waals surface area contributed by atoms with Crippen molar-refractivity contribution in [2.24, 2.45) is 11.1 Å². The Kier molecular flexibility index (Phi) is 4.28. The molecule has 6 nitrogen and oxygen atoms in total. The van der Waals surface area contributed by atoms with Gasteiger partial charge >= 0.3 is 6.18 Å². The first-order valence-electron chi connectivity index (χ1n) is 8.28. The Hall–Kier alpha value is -2.84. The van der Waals surface area contributed by atoms with E-state index < -0.39 is 23.9 Å². The molecule has 1 aromatic heterocycles. The second kappa shape index (κ2) is 6.11. The third-order valence-corrected chi connectivity index (χ3v) is 4.53. The molecule has 1 aliphatic rings. The quantitative estimate of drug-likeness (QED) is 0.799. The molecule has 0 radical (unpaired) electrons. The van der Waals surface area contributed by atoms with E-state index in [1.54, 1.807) is 0 Å². The van der Waals surface area contributed by atoms with E-state index in [9.17, 15) is 22.8 Å². The third kappa shape index (κ3) is 3.67. The number of benzene rings is 1. The number of carbonyl (C=O) groups is 2. The Balaban J connectivity index is 2.19. The summed E-state index contributed by atoms with van der Waals surface area (Å²) in [5.74, 6) is -1.07. The van der Waals surface area contributed by atoms with E-state index in [2.05, 4.69) is 5.10 Å². The molecule has 144 valence electrons. The first kappa shape index (κ1) is 18.9. The van der Waals surface area contributed by atoms with Gasteiger partial charge in [-0.1, -0.05) is 13.8 Å². The molecule has 4 N–H and O–H groups in total. The molecule has 1 aliphatic carbocycles. The maximum atomic E-state index is 13.0. The Morgan fingerprint density at radius 1 is 1.30 bits per heavy atom. The number of nitrogen functional groups attached to an aromatic ring is 1. The number of primary amides is 1. The number of alkyl halides is 3. The number of hydrogen-bond acceptors (Lipinski definition) is 4. The van der Waals surface area contributed by atoms with Gasteiger partial charge in [0.1, 0.15) is 0 Å². The van der Waals surface area contributed by atoms with Gasteiger partial charge in [0, 0.05) is 12.1 Å². The second-order valence-electron chi connectivity index (χ2n) is 7.55. The predicted octanol–water partition coefficient (Wildman–Crippen LogP) is 2.81. The molecule has 3 rings (SSSR count). The van der Waals surface area contributed by atoms with Gasteiger partial charge in [-0.2, -0.15) is 18.3 Å². The smallest absolute Gasteiger partial charge is 0.394 e. The van der Waals surface area contributed by atoms with Crippen LogP contribution in [0.1, 0.15) is 52.4 Å². The summed E-state index contributed by atoms with van der Waals surface area (Å²) >= 11 is 0. The molecule has 27 heavy (non-hydrogen) atoms. The van der Waals surface area contributed by atoms with Crippen molar-refractivity contribution < 1.29 is 22.8 Å². The van der Waals surface area contributed by atoms with E-state index in [4.69, 9.17) is 11.5 Å². The first-order chi connectivity index (χ1) is 12.4. The van der Waals surface area contributed by atoms with Crippen LogP contribution in [0.4, 0.5) is 18.9 Å². The van der Waals surface area contributed by atoms with Gasteiger partial charge in [-0.25, -0.2) is 4.68 Å². The van der Waals surface area contributed by atoms with Crippen LogP contribution in [-0.2, 0) is 12.8 Å². The molecule has 1 amide bonds. The molecule has 0 fully saturated rings. The molecular weight excluding hydrogens is 361 g/mol. The number of halogens is 3. The Morgan fingerprint density at radius 3 is 2.52 bits per heavy atom. The van der Waals surface area contributed by atoms with Crippen LogP contribution in [0.15, 0.2) is 18.2 Å². The molecular formula is C18H19F3N4O2. The highest BCUT2D eigenvalue weighted by Crippen LogP contribution is 2.38. The zero-order chi connectivity index (χ0) is 20.1. The number of nitrogens with two attached hydrogens (primary N) is 2. The average Bonchev–Trinajstić information content (AvgIpc) is 2.81. The number of rotatable bonds is 3. The van der Waals surface area contributed by atoms with Crippen molar-refractivity contribution in [2.75, 3.05) is 5.73 Å². The van der Waals surface area contributed by atoms with Gasteiger partial charge in [0.05, 0.1) is 34.6 Å². The highest BCUT2D eigenvalue weighted by molar-refractivity contribution is 6.00. The second-order valence-corrected chi connectivity index (χ2v) is 7.55. The van der Waals surface area contributed by atoms with Crippen LogP contribution in [0.5, 0.6) is 0 Å². The molecule has 1 aromatic carbocycles. The molecule has 0 atom stereocenters. The van der Waals surface area contributed by atoms with E-state index in [1.807, 2.05) is 13.8 Å². The number of fused-ring (bicyclic) bond motifs is 1. The summed E-state index contributed by atoms with van der Waals surface area (Å²) in [7, 11) is 0. The number of ketones is 1. The van der Waals surface area contributed by atoms with Crippen molar-refractivity contribution in [3.8, 4) is 5.69 Å². The van der Waals surface area contributed by atoms with Gasteiger partial charge in [-0.15, -0.1) is 0 Å². The molecule has 2 aromatic rings. The van der Waals surface area contributed by atoms with Crippen molar-refractivity contribution >= 4 is 17.4 Å². The van der Waals surface area contributed by atoms with Crippen LogP contribution in [0.3, 0.4) is 0 Å². The minimum absolute atomic E-state index is 0.0317. The van der Waals surface area contributed by atoms with Crippen LogP contribution in [0.2, 0.25) is 0 Å². The van der Waals surface area contributed by atoms with E-state index in [1.165, 1.54) is 22.9 Å². The van der Waals surface area contributed by atoms with Crippen molar-refractivity contribution in [3.63, 3.8) is 0 Å². The topological polar surface area (TPSA) is 104 Å². The maximum Gasteiger partial charge on any atom is 0.394 e. The number of aromatic nitrogens is 2. The lowest BCUT2D eigenvalue weighted by atomic mass is 9.75. The third-order valence-electron chi connectivity index (χ3n) is 4.53. The summed E-state index contributed by atoms with van der Waals surface area (Å²) < 4.78 is 40.2. The van der Waals surface area contributed by atoms with E-state index in [0.29, 0.717) is 17.8 Å². The number of amides is 1. The van der Waals surface area contributed by atoms with E-state index in [0.717, 1.165) is 0 Å². The molecule has 0 spiro atoms. The lowest BCUT2D eigenvalue weighted by molar-refractivity contribution is -0.127. The van der Waals surface area contributed by atoms with Crippen molar-refractivity contribution in [3.05, 3.63) is 40.7 Å². The minimum Gasteiger partial charge on any atom is -0.398 e. The Bertz CT molecular complexity index is 945. The fourth-order valence-electron chi connectivity index (χ4n) is 3.46. The average molecular weight is 380 g/mol.